The van der Waals surface area contributed by atoms with E-state index in [0.717, 1.165) is 4.90 Å². The summed E-state index contributed by atoms with van der Waals surface area (Å²) in [5.41, 5.74) is -0.965. The lowest BCUT2D eigenvalue weighted by atomic mass is 9.71. The van der Waals surface area contributed by atoms with Crippen molar-refractivity contribution in [1.29, 1.82) is 0 Å². The number of aliphatic hydroxyl groups is 1. The molecule has 11 heteroatoms. The number of esters is 2. The minimum atomic E-state index is -1.80. The van der Waals surface area contributed by atoms with Crippen molar-refractivity contribution in [3.63, 3.8) is 0 Å². The lowest BCUT2D eigenvalue weighted by Gasteiger charge is -2.42. The molecule has 2 heterocycles. The Morgan fingerprint density at radius 2 is 1.86 bits per heavy atom. The molecule has 0 radical (unpaired) electrons. The largest absolute Gasteiger partial charge is 0.493 e. The van der Waals surface area contributed by atoms with Gasteiger partial charge in [-0.05, 0) is 24.6 Å². The molecule has 0 aromatic heterocycles. The van der Waals surface area contributed by atoms with E-state index in [-0.39, 0.29) is 31.6 Å². The molecule has 0 bridgehead atoms. The van der Waals surface area contributed by atoms with Gasteiger partial charge in [-0.15, -0.1) is 0 Å². The van der Waals surface area contributed by atoms with Crippen LogP contribution in [0.2, 0.25) is 0 Å². The molecule has 36 heavy (non-hydrogen) atoms. The number of fused-ring (bicyclic) bond motifs is 1. The number of hydrogen-bond acceptors (Lipinski definition) is 10. The van der Waals surface area contributed by atoms with E-state index in [4.69, 9.17) is 28.4 Å². The summed E-state index contributed by atoms with van der Waals surface area (Å²) in [5.74, 6) is -2.52. The Balaban J connectivity index is 1.78. The van der Waals surface area contributed by atoms with E-state index in [1.807, 2.05) is 0 Å². The average molecular weight is 506 g/mol. The van der Waals surface area contributed by atoms with Gasteiger partial charge in [0.1, 0.15) is 11.5 Å². The summed E-state index contributed by atoms with van der Waals surface area (Å²) >= 11 is 0. The number of aliphatic hydroxyl groups excluding tert-OH is 1. The van der Waals surface area contributed by atoms with Crippen LogP contribution in [0.15, 0.2) is 30.0 Å². The highest BCUT2D eigenvalue weighted by atomic mass is 16.7. The van der Waals surface area contributed by atoms with Crippen LogP contribution < -0.4 is 9.47 Å². The number of nitrogens with zero attached hydrogens (tertiary/aromatic N) is 1. The van der Waals surface area contributed by atoms with Crippen LogP contribution in [0.3, 0.4) is 0 Å². The molecule has 3 atom stereocenters. The maximum Gasteiger partial charge on any atom is 0.329 e. The first-order chi connectivity index (χ1) is 17.3. The fourth-order valence-corrected chi connectivity index (χ4v) is 5.27. The molecule has 2 saturated heterocycles. The van der Waals surface area contributed by atoms with Crippen molar-refractivity contribution in [2.24, 2.45) is 5.41 Å². The maximum absolute atomic E-state index is 13.6. The number of likely N-dealkylation sites (tertiary alicyclic amines) is 1. The summed E-state index contributed by atoms with van der Waals surface area (Å²) in [5, 5.41) is 11.2. The summed E-state index contributed by atoms with van der Waals surface area (Å²) in [4.78, 5) is 41.1. The van der Waals surface area contributed by atoms with Crippen LogP contribution in [0.1, 0.15) is 25.3 Å². The number of carbonyl (C=O) groups excluding carboxylic acids is 3. The molecule has 4 rings (SSSR count). The van der Waals surface area contributed by atoms with Gasteiger partial charge < -0.3 is 33.5 Å². The minimum absolute atomic E-state index is 0.0277. The lowest BCUT2D eigenvalue weighted by Crippen LogP contribution is -2.52. The Morgan fingerprint density at radius 3 is 2.47 bits per heavy atom. The van der Waals surface area contributed by atoms with Gasteiger partial charge in [0.05, 0.1) is 41.2 Å². The molecule has 196 valence electrons. The van der Waals surface area contributed by atoms with Crippen LogP contribution in [-0.4, -0.2) is 86.9 Å². The van der Waals surface area contributed by atoms with E-state index >= 15 is 0 Å². The van der Waals surface area contributed by atoms with Crippen molar-refractivity contribution in [2.45, 2.75) is 44.1 Å². The quantitative estimate of drug-likeness (QED) is 0.510. The van der Waals surface area contributed by atoms with Crippen molar-refractivity contribution in [3.05, 3.63) is 35.5 Å². The number of rotatable bonds is 8. The van der Waals surface area contributed by atoms with Crippen molar-refractivity contribution in [1.82, 2.24) is 4.90 Å². The molecule has 1 aromatic rings. The predicted octanol–water partition coefficient (Wildman–Crippen LogP) is 0.961. The van der Waals surface area contributed by atoms with Gasteiger partial charge in [0.2, 0.25) is 0 Å². The van der Waals surface area contributed by atoms with Crippen LogP contribution in [0.25, 0.3) is 0 Å². The molecular formula is C25H31NO10. The second-order valence-corrected chi connectivity index (χ2v) is 8.81. The van der Waals surface area contributed by atoms with Crippen LogP contribution in [0.4, 0.5) is 0 Å². The highest BCUT2D eigenvalue weighted by Crippen LogP contribution is 2.54. The smallest absolute Gasteiger partial charge is 0.329 e. The third kappa shape index (κ3) is 4.10. The van der Waals surface area contributed by atoms with Crippen LogP contribution in [0, 0.1) is 5.41 Å². The Bertz CT molecular complexity index is 1060. The molecule has 1 N–H and O–H groups in total. The highest BCUT2D eigenvalue weighted by Gasteiger charge is 2.68. The third-order valence-corrected chi connectivity index (χ3v) is 6.92. The van der Waals surface area contributed by atoms with Gasteiger partial charge in [-0.1, -0.05) is 12.1 Å². The van der Waals surface area contributed by atoms with Crippen LogP contribution >= 0.6 is 0 Å². The summed E-state index contributed by atoms with van der Waals surface area (Å²) in [6.07, 6.45) is -0.0577. The normalized spacial score (nSPS) is 25.2. The zero-order valence-corrected chi connectivity index (χ0v) is 20.8. The Labute approximate surface area is 208 Å². The van der Waals surface area contributed by atoms with Gasteiger partial charge in [0, 0.05) is 25.0 Å². The molecule has 0 unspecified atom stereocenters. The number of hydrogen-bond donors (Lipinski definition) is 1. The lowest BCUT2D eigenvalue weighted by molar-refractivity contribution is -0.200. The highest BCUT2D eigenvalue weighted by molar-refractivity contribution is 6.00. The number of benzene rings is 1. The van der Waals surface area contributed by atoms with E-state index < -0.39 is 41.2 Å². The maximum atomic E-state index is 13.6. The first-order valence-corrected chi connectivity index (χ1v) is 11.7. The molecule has 11 nitrogen and oxygen atoms in total. The van der Waals surface area contributed by atoms with E-state index in [0.29, 0.717) is 30.3 Å². The first-order valence-electron chi connectivity index (χ1n) is 11.7. The van der Waals surface area contributed by atoms with E-state index in [2.05, 4.69) is 0 Å². The average Bonchev–Trinajstić information content (AvgIpc) is 3.43. The van der Waals surface area contributed by atoms with Gasteiger partial charge in [-0.25, -0.2) is 4.79 Å². The molecule has 1 aromatic carbocycles. The topological polar surface area (TPSA) is 130 Å². The van der Waals surface area contributed by atoms with Crippen LogP contribution in [-0.2, 0) is 39.8 Å². The Hall–Kier alpha value is -3.15. The molecule has 0 saturated carbocycles. The summed E-state index contributed by atoms with van der Waals surface area (Å²) in [6.45, 7) is 2.31. The second kappa shape index (κ2) is 10.1. The van der Waals surface area contributed by atoms with Gasteiger partial charge in [-0.2, -0.15) is 0 Å². The van der Waals surface area contributed by atoms with Crippen molar-refractivity contribution < 1.29 is 47.9 Å². The second-order valence-electron chi connectivity index (χ2n) is 8.81. The fraction of sp³-hybridized carbons (Fsp3) is 0.560. The SMILES string of the molecule is CCOC(=O)[C@]12CC3(CC=C1N([C@@H](Cc1ccc(OC)c(OC)c1)C(=O)OC)C(=O)[C@@H]2O)OCCO3. The first kappa shape index (κ1) is 25.9. The van der Waals surface area contributed by atoms with E-state index in [1.165, 1.54) is 21.3 Å². The van der Waals surface area contributed by atoms with Crippen molar-refractivity contribution >= 4 is 17.8 Å². The standard InChI is InChI=1S/C25H31NO10/c1-5-34-23(30)25-14-24(35-10-11-36-24)9-8-19(25)26(21(28)20(25)27)16(22(29)33-4)12-15-6-7-17(31-2)18(13-15)32-3/h6-8,13,16,20,27H,5,9-12,14H2,1-4H3/t16-,20-,25+/m0/s1. The van der Waals surface area contributed by atoms with Crippen molar-refractivity contribution in [2.75, 3.05) is 41.2 Å². The Kier molecular flexibility index (Phi) is 7.26. The molecule has 1 spiro atoms. The Morgan fingerprint density at radius 1 is 1.17 bits per heavy atom. The summed E-state index contributed by atoms with van der Waals surface area (Å²) in [7, 11) is 4.21. The van der Waals surface area contributed by atoms with Crippen molar-refractivity contribution in [3.8, 4) is 11.5 Å². The summed E-state index contributed by atoms with van der Waals surface area (Å²) in [6, 6.07) is 3.94. The minimum Gasteiger partial charge on any atom is -0.493 e. The predicted molar refractivity (Wildman–Crippen MR) is 123 cm³/mol. The molecule has 3 aliphatic rings. The van der Waals surface area contributed by atoms with E-state index in [1.54, 1.807) is 31.2 Å². The molecular weight excluding hydrogens is 474 g/mol. The number of carbonyl (C=O) groups is 3. The monoisotopic (exact) mass is 505 g/mol. The molecule has 1 aliphatic carbocycles. The van der Waals surface area contributed by atoms with Gasteiger partial charge in [-0.3, -0.25) is 14.5 Å². The van der Waals surface area contributed by atoms with Gasteiger partial charge in [0.25, 0.3) is 5.91 Å². The number of amides is 1. The van der Waals surface area contributed by atoms with Crippen LogP contribution in [0.5, 0.6) is 11.5 Å². The molecule has 2 aliphatic heterocycles. The number of ether oxygens (including phenoxy) is 6. The fourth-order valence-electron chi connectivity index (χ4n) is 5.27. The number of methoxy groups -OCH3 is 3. The summed E-state index contributed by atoms with van der Waals surface area (Å²) < 4.78 is 32.6. The zero-order valence-electron chi connectivity index (χ0n) is 20.8. The van der Waals surface area contributed by atoms with E-state index in [9.17, 15) is 19.5 Å². The zero-order chi connectivity index (χ0) is 26.1. The van der Waals surface area contributed by atoms with Gasteiger partial charge in [0.15, 0.2) is 23.4 Å². The molecule has 2 fully saturated rings. The van der Waals surface area contributed by atoms with Gasteiger partial charge >= 0.3 is 11.9 Å². The third-order valence-electron chi connectivity index (χ3n) is 6.92. The molecule has 1 amide bonds.